The highest BCUT2D eigenvalue weighted by Crippen LogP contribution is 2.03. The first-order chi connectivity index (χ1) is 5.27. The first kappa shape index (κ1) is 8.14. The average Bonchev–Trinajstić information content (AvgIpc) is 2.05. The number of aromatic nitrogens is 2. The van der Waals surface area contributed by atoms with Gasteiger partial charge in [0, 0.05) is 12.6 Å². The number of hydrogen-bond donors (Lipinski definition) is 1. The van der Waals surface area contributed by atoms with Gasteiger partial charge in [-0.2, -0.15) is 0 Å². The predicted molar refractivity (Wildman–Crippen MR) is 42.1 cm³/mol. The summed E-state index contributed by atoms with van der Waals surface area (Å²) in [5, 5.41) is 8.85. The van der Waals surface area contributed by atoms with E-state index in [2.05, 4.69) is 9.97 Å². The van der Waals surface area contributed by atoms with Gasteiger partial charge in [-0.15, -0.1) is 0 Å². The summed E-state index contributed by atoms with van der Waals surface area (Å²) in [7, 11) is 0. The highest BCUT2D eigenvalue weighted by molar-refractivity contribution is 5.14. The van der Waals surface area contributed by atoms with E-state index < -0.39 is 0 Å². The molecule has 0 radical (unpaired) electrons. The molecule has 0 saturated heterocycles. The van der Waals surface area contributed by atoms with E-state index in [1.807, 2.05) is 13.8 Å². The van der Waals surface area contributed by atoms with Gasteiger partial charge >= 0.3 is 0 Å². The number of nitrogens with zero attached hydrogens (tertiary/aromatic N) is 2. The molecule has 0 aromatic carbocycles. The van der Waals surface area contributed by atoms with E-state index in [9.17, 15) is 0 Å². The Labute approximate surface area is 66.1 Å². The van der Waals surface area contributed by atoms with Gasteiger partial charge in [-0.05, 0) is 12.5 Å². The molecule has 1 rings (SSSR count). The molecule has 0 amide bonds. The quantitative estimate of drug-likeness (QED) is 0.683. The van der Waals surface area contributed by atoms with Gasteiger partial charge in [0.1, 0.15) is 5.82 Å². The Morgan fingerprint density at radius 2 is 2.27 bits per heavy atom. The number of aryl methyl sites for hydroxylation is 2. The van der Waals surface area contributed by atoms with Gasteiger partial charge in [-0.25, -0.2) is 9.97 Å². The minimum absolute atomic E-state index is 0.00134. The molecule has 0 aliphatic heterocycles. The van der Waals surface area contributed by atoms with E-state index in [0.717, 1.165) is 23.5 Å². The summed E-state index contributed by atoms with van der Waals surface area (Å²) in [5.74, 6) is 0.791. The highest BCUT2D eigenvalue weighted by atomic mass is 16.3. The largest absolute Gasteiger partial charge is 0.390 e. The van der Waals surface area contributed by atoms with Crippen LogP contribution < -0.4 is 0 Å². The molecule has 3 nitrogen and oxygen atoms in total. The second-order valence-corrected chi connectivity index (χ2v) is 2.43. The summed E-state index contributed by atoms with van der Waals surface area (Å²) in [5.41, 5.74) is 1.68. The molecular formula is C8H12N2O. The lowest BCUT2D eigenvalue weighted by Gasteiger charge is -2.01. The molecule has 1 aromatic heterocycles. The molecular weight excluding hydrogens is 140 g/mol. The van der Waals surface area contributed by atoms with E-state index in [0.29, 0.717) is 0 Å². The van der Waals surface area contributed by atoms with Crippen molar-refractivity contribution in [2.45, 2.75) is 26.9 Å². The van der Waals surface area contributed by atoms with Crippen LogP contribution in [0, 0.1) is 6.92 Å². The van der Waals surface area contributed by atoms with E-state index in [-0.39, 0.29) is 6.61 Å². The third kappa shape index (κ3) is 1.74. The maximum atomic E-state index is 8.85. The van der Waals surface area contributed by atoms with Crippen molar-refractivity contribution in [3.05, 3.63) is 23.3 Å². The van der Waals surface area contributed by atoms with Crippen molar-refractivity contribution in [3.63, 3.8) is 0 Å². The van der Waals surface area contributed by atoms with Gasteiger partial charge in [-0.1, -0.05) is 6.92 Å². The smallest absolute Gasteiger partial charge is 0.128 e. The number of hydrogen-bond acceptors (Lipinski definition) is 3. The molecule has 0 bridgehead atoms. The van der Waals surface area contributed by atoms with Crippen LogP contribution in [0.5, 0.6) is 0 Å². The molecule has 1 N–H and O–H groups in total. The number of rotatable bonds is 2. The normalized spacial score (nSPS) is 10.1. The topological polar surface area (TPSA) is 46.0 Å². The molecule has 0 aliphatic carbocycles. The minimum atomic E-state index is 0.00134. The molecule has 0 fully saturated rings. The van der Waals surface area contributed by atoms with Crippen molar-refractivity contribution in [1.82, 2.24) is 9.97 Å². The molecule has 0 spiro atoms. The van der Waals surface area contributed by atoms with Gasteiger partial charge in [0.15, 0.2) is 0 Å². The van der Waals surface area contributed by atoms with E-state index in [4.69, 9.17) is 5.11 Å². The van der Waals surface area contributed by atoms with Crippen molar-refractivity contribution in [2.24, 2.45) is 0 Å². The van der Waals surface area contributed by atoms with Gasteiger partial charge in [0.25, 0.3) is 0 Å². The third-order valence-electron chi connectivity index (χ3n) is 1.59. The Kier molecular flexibility index (Phi) is 2.54. The van der Waals surface area contributed by atoms with Crippen LogP contribution in [0.2, 0.25) is 0 Å². The van der Waals surface area contributed by atoms with Crippen LogP contribution in [0.15, 0.2) is 6.20 Å². The SMILES string of the molecule is CCc1ncc(C)c(CO)n1. The molecule has 0 saturated carbocycles. The summed E-state index contributed by atoms with van der Waals surface area (Å²) >= 11 is 0. The van der Waals surface area contributed by atoms with Crippen LogP contribution in [-0.2, 0) is 13.0 Å². The maximum Gasteiger partial charge on any atom is 0.128 e. The zero-order valence-corrected chi connectivity index (χ0v) is 6.83. The second-order valence-electron chi connectivity index (χ2n) is 2.43. The Balaban J connectivity index is 3.02. The van der Waals surface area contributed by atoms with Crippen LogP contribution in [0.1, 0.15) is 24.0 Å². The molecule has 0 unspecified atom stereocenters. The van der Waals surface area contributed by atoms with E-state index >= 15 is 0 Å². The Bertz CT molecular complexity index is 248. The first-order valence-electron chi connectivity index (χ1n) is 3.70. The molecule has 1 heterocycles. The first-order valence-corrected chi connectivity index (χ1v) is 3.70. The van der Waals surface area contributed by atoms with Gasteiger partial charge in [0.2, 0.25) is 0 Å². The van der Waals surface area contributed by atoms with Crippen LogP contribution in [0.25, 0.3) is 0 Å². The van der Waals surface area contributed by atoms with Gasteiger partial charge < -0.3 is 5.11 Å². The summed E-state index contributed by atoms with van der Waals surface area (Å²) in [6.07, 6.45) is 2.56. The van der Waals surface area contributed by atoms with Crippen molar-refractivity contribution >= 4 is 0 Å². The zero-order chi connectivity index (χ0) is 8.27. The van der Waals surface area contributed by atoms with Crippen LogP contribution in [0.3, 0.4) is 0 Å². The second kappa shape index (κ2) is 3.44. The van der Waals surface area contributed by atoms with E-state index in [1.165, 1.54) is 0 Å². The molecule has 0 aliphatic rings. The Morgan fingerprint density at radius 1 is 1.55 bits per heavy atom. The monoisotopic (exact) mass is 152 g/mol. The fraction of sp³-hybridized carbons (Fsp3) is 0.500. The van der Waals surface area contributed by atoms with Crippen molar-refractivity contribution in [1.29, 1.82) is 0 Å². The molecule has 1 aromatic rings. The molecule has 0 atom stereocenters. The molecule has 60 valence electrons. The number of aliphatic hydroxyl groups is 1. The molecule has 11 heavy (non-hydrogen) atoms. The third-order valence-corrected chi connectivity index (χ3v) is 1.59. The lowest BCUT2D eigenvalue weighted by atomic mass is 10.2. The van der Waals surface area contributed by atoms with Gasteiger partial charge in [-0.3, -0.25) is 0 Å². The van der Waals surface area contributed by atoms with Crippen LogP contribution >= 0.6 is 0 Å². The predicted octanol–water partition coefficient (Wildman–Crippen LogP) is 0.840. The highest BCUT2D eigenvalue weighted by Gasteiger charge is 1.99. The fourth-order valence-electron chi connectivity index (χ4n) is 0.849. The Morgan fingerprint density at radius 3 is 2.82 bits per heavy atom. The number of aliphatic hydroxyl groups excluding tert-OH is 1. The Hall–Kier alpha value is -0.960. The van der Waals surface area contributed by atoms with Crippen LogP contribution in [-0.4, -0.2) is 15.1 Å². The van der Waals surface area contributed by atoms with Crippen LogP contribution in [0.4, 0.5) is 0 Å². The molecule has 3 heteroatoms. The summed E-state index contributed by atoms with van der Waals surface area (Å²) in [6.45, 7) is 3.89. The maximum absolute atomic E-state index is 8.85. The lowest BCUT2D eigenvalue weighted by molar-refractivity contribution is 0.275. The zero-order valence-electron chi connectivity index (χ0n) is 6.83. The minimum Gasteiger partial charge on any atom is -0.390 e. The average molecular weight is 152 g/mol. The van der Waals surface area contributed by atoms with Gasteiger partial charge in [0.05, 0.1) is 12.3 Å². The summed E-state index contributed by atoms with van der Waals surface area (Å²) in [6, 6.07) is 0. The van der Waals surface area contributed by atoms with Crippen molar-refractivity contribution in [2.75, 3.05) is 0 Å². The lowest BCUT2D eigenvalue weighted by Crippen LogP contribution is -2.00. The summed E-state index contributed by atoms with van der Waals surface area (Å²) < 4.78 is 0. The summed E-state index contributed by atoms with van der Waals surface area (Å²) in [4.78, 5) is 8.23. The van der Waals surface area contributed by atoms with Crippen molar-refractivity contribution in [3.8, 4) is 0 Å². The van der Waals surface area contributed by atoms with Crippen molar-refractivity contribution < 1.29 is 5.11 Å². The standard InChI is InChI=1S/C8H12N2O/c1-3-8-9-4-6(2)7(5-11)10-8/h4,11H,3,5H2,1-2H3. The fourth-order valence-corrected chi connectivity index (χ4v) is 0.849. The van der Waals surface area contributed by atoms with E-state index in [1.54, 1.807) is 6.20 Å².